The number of carboxylic acids is 1. The maximum atomic E-state index is 12.9. The number of rotatable bonds is 11. The first kappa shape index (κ1) is 24.9. The van der Waals surface area contributed by atoms with Gasteiger partial charge in [0.15, 0.2) is 15.9 Å². The summed E-state index contributed by atoms with van der Waals surface area (Å²) in [6, 6.07) is 0. The molecular formula is C20H26F3NO4S2. The predicted octanol–water partition coefficient (Wildman–Crippen LogP) is 5.27. The summed E-state index contributed by atoms with van der Waals surface area (Å²) in [5.74, 6) is -1.69. The Bertz CT molecular complexity index is 778. The first-order valence-electron chi connectivity index (χ1n) is 9.67. The number of hydrogen-bond donors (Lipinski definition) is 3. The molecule has 1 heterocycles. The van der Waals surface area contributed by atoms with Gasteiger partial charge in [0.05, 0.1) is 11.7 Å². The van der Waals surface area contributed by atoms with Crippen LogP contribution in [0.15, 0.2) is 33.8 Å². The molecule has 0 saturated heterocycles. The average Bonchev–Trinajstić information content (AvgIpc) is 3.28. The Balaban J connectivity index is 1.82. The fraction of sp³-hybridized carbons (Fsp3) is 0.600. The van der Waals surface area contributed by atoms with Crippen molar-refractivity contribution >= 4 is 29.1 Å². The van der Waals surface area contributed by atoms with Crippen molar-refractivity contribution in [3.05, 3.63) is 35.1 Å². The number of halogens is 3. The predicted molar refractivity (Wildman–Crippen MR) is 111 cm³/mol. The zero-order valence-corrected chi connectivity index (χ0v) is 18.2. The molecule has 0 radical (unpaired) electrons. The van der Waals surface area contributed by atoms with E-state index in [0.717, 1.165) is 12.8 Å². The fourth-order valence-electron chi connectivity index (χ4n) is 3.50. The minimum absolute atomic E-state index is 0.0286. The molecule has 0 spiro atoms. The van der Waals surface area contributed by atoms with Crippen LogP contribution in [0.1, 0.15) is 55.9 Å². The summed E-state index contributed by atoms with van der Waals surface area (Å²) in [6.07, 6.45) is 2.73. The van der Waals surface area contributed by atoms with Crippen LogP contribution in [0.25, 0.3) is 0 Å². The van der Waals surface area contributed by atoms with Crippen LogP contribution in [0.4, 0.5) is 13.2 Å². The molecule has 168 valence electrons. The summed E-state index contributed by atoms with van der Waals surface area (Å²) in [7, 11) is 0. The number of aromatic nitrogens is 1. The van der Waals surface area contributed by atoms with Crippen molar-refractivity contribution < 1.29 is 33.3 Å². The van der Waals surface area contributed by atoms with Crippen LogP contribution in [0, 0.1) is 11.8 Å². The number of aliphatic hydroxyl groups is 2. The smallest absolute Gasteiger partial charge is 0.355 e. The second-order valence-electron chi connectivity index (χ2n) is 7.71. The molecule has 1 aliphatic carbocycles. The molecule has 1 fully saturated rings. The van der Waals surface area contributed by atoms with E-state index in [9.17, 15) is 28.2 Å². The van der Waals surface area contributed by atoms with Gasteiger partial charge in [-0.05, 0) is 50.9 Å². The molecule has 0 amide bonds. The number of aromatic carboxylic acids is 1. The van der Waals surface area contributed by atoms with E-state index in [1.807, 2.05) is 6.08 Å². The molecule has 0 aromatic carbocycles. The Hall–Kier alpha value is -1.36. The Labute approximate surface area is 181 Å². The molecule has 2 rings (SSSR count). The van der Waals surface area contributed by atoms with Crippen molar-refractivity contribution in [2.45, 2.75) is 61.5 Å². The van der Waals surface area contributed by atoms with E-state index < -0.39 is 36.0 Å². The second kappa shape index (κ2) is 11.3. The van der Waals surface area contributed by atoms with Crippen molar-refractivity contribution in [1.29, 1.82) is 0 Å². The molecule has 10 heteroatoms. The van der Waals surface area contributed by atoms with Crippen molar-refractivity contribution in [2.24, 2.45) is 11.8 Å². The van der Waals surface area contributed by atoms with Gasteiger partial charge in [-0.15, -0.1) is 11.3 Å². The van der Waals surface area contributed by atoms with Gasteiger partial charge >= 0.3 is 12.0 Å². The highest BCUT2D eigenvalue weighted by Crippen LogP contribution is 2.37. The standard InChI is InChI=1S/C20H26F3NO4S2/c1-20(28,9-6-14(21)17(22)23)8-2-3-12-4-5-16(25)13(12)7-10-29-19-24-15(11-30-19)18(26)27/h2-3,11-13,16,25,28H,4-10H2,1H3,(H,26,27)/b3-2+/t12?,13-,16?,20?/m1/s1. The first-order valence-corrected chi connectivity index (χ1v) is 11.5. The summed E-state index contributed by atoms with van der Waals surface area (Å²) >= 11 is 2.73. The number of nitrogens with zero attached hydrogens (tertiary/aromatic N) is 1. The lowest BCUT2D eigenvalue weighted by molar-refractivity contribution is 0.0521. The van der Waals surface area contributed by atoms with E-state index >= 15 is 0 Å². The third-order valence-electron chi connectivity index (χ3n) is 5.25. The highest BCUT2D eigenvalue weighted by atomic mass is 32.2. The third kappa shape index (κ3) is 7.72. The van der Waals surface area contributed by atoms with Crippen LogP contribution < -0.4 is 0 Å². The van der Waals surface area contributed by atoms with E-state index in [0.29, 0.717) is 16.5 Å². The largest absolute Gasteiger partial charge is 0.476 e. The lowest BCUT2D eigenvalue weighted by Crippen LogP contribution is -2.23. The maximum absolute atomic E-state index is 12.9. The molecule has 30 heavy (non-hydrogen) atoms. The van der Waals surface area contributed by atoms with Gasteiger partial charge in [0, 0.05) is 17.6 Å². The Morgan fingerprint density at radius 2 is 2.13 bits per heavy atom. The number of aliphatic hydroxyl groups excluding tert-OH is 1. The molecule has 1 aromatic heterocycles. The normalized spacial score (nSPS) is 23.6. The van der Waals surface area contributed by atoms with Gasteiger partial charge < -0.3 is 15.3 Å². The molecule has 1 aromatic rings. The number of hydrogen-bond acceptors (Lipinski definition) is 6. The molecule has 3 N–H and O–H groups in total. The molecule has 0 bridgehead atoms. The molecule has 0 aliphatic heterocycles. The van der Waals surface area contributed by atoms with E-state index in [-0.39, 0.29) is 30.4 Å². The van der Waals surface area contributed by atoms with Gasteiger partial charge in [-0.3, -0.25) is 0 Å². The van der Waals surface area contributed by atoms with Gasteiger partial charge in [0.2, 0.25) is 0 Å². The van der Waals surface area contributed by atoms with Gasteiger partial charge in [-0.25, -0.2) is 14.2 Å². The quantitative estimate of drug-likeness (QED) is 0.305. The molecule has 1 aliphatic rings. The molecule has 1 saturated carbocycles. The summed E-state index contributed by atoms with van der Waals surface area (Å²) in [6.45, 7) is 1.48. The molecule has 3 unspecified atom stereocenters. The van der Waals surface area contributed by atoms with E-state index in [2.05, 4.69) is 4.98 Å². The summed E-state index contributed by atoms with van der Waals surface area (Å²) < 4.78 is 37.9. The highest BCUT2D eigenvalue weighted by molar-refractivity contribution is 8.01. The molecular weight excluding hydrogens is 439 g/mol. The minimum Gasteiger partial charge on any atom is -0.476 e. The average molecular weight is 466 g/mol. The van der Waals surface area contributed by atoms with Gasteiger partial charge in [0.25, 0.3) is 0 Å². The van der Waals surface area contributed by atoms with Crippen LogP contribution in [0.2, 0.25) is 0 Å². The monoisotopic (exact) mass is 465 g/mol. The van der Waals surface area contributed by atoms with E-state index in [1.165, 1.54) is 35.4 Å². The van der Waals surface area contributed by atoms with Crippen LogP contribution >= 0.6 is 23.1 Å². The summed E-state index contributed by atoms with van der Waals surface area (Å²) in [5.41, 5.74) is -1.26. The number of thioether (sulfide) groups is 1. The zero-order chi connectivity index (χ0) is 22.3. The Morgan fingerprint density at radius 1 is 1.40 bits per heavy atom. The third-order valence-corrected chi connectivity index (χ3v) is 7.30. The minimum atomic E-state index is -2.35. The topological polar surface area (TPSA) is 90.7 Å². The second-order valence-corrected chi connectivity index (χ2v) is 9.91. The van der Waals surface area contributed by atoms with Crippen molar-refractivity contribution in [3.63, 3.8) is 0 Å². The van der Waals surface area contributed by atoms with Crippen molar-refractivity contribution in [2.75, 3.05) is 5.75 Å². The molecule has 5 nitrogen and oxygen atoms in total. The fourth-order valence-corrected chi connectivity index (χ4v) is 5.41. The van der Waals surface area contributed by atoms with E-state index in [1.54, 1.807) is 6.08 Å². The van der Waals surface area contributed by atoms with Gasteiger partial charge in [-0.1, -0.05) is 23.9 Å². The number of thiazole rings is 1. The summed E-state index contributed by atoms with van der Waals surface area (Å²) in [4.78, 5) is 14.9. The Kier molecular flexibility index (Phi) is 9.39. The van der Waals surface area contributed by atoms with Crippen LogP contribution in [-0.4, -0.2) is 43.7 Å². The number of carbonyl (C=O) groups is 1. The van der Waals surface area contributed by atoms with E-state index in [4.69, 9.17) is 5.11 Å². The van der Waals surface area contributed by atoms with Gasteiger partial charge in [0.1, 0.15) is 0 Å². The van der Waals surface area contributed by atoms with Crippen LogP contribution in [0.5, 0.6) is 0 Å². The van der Waals surface area contributed by atoms with Crippen LogP contribution in [-0.2, 0) is 0 Å². The first-order chi connectivity index (χ1) is 14.1. The summed E-state index contributed by atoms with van der Waals surface area (Å²) in [5, 5.41) is 31.0. The number of carboxylic acid groups (broad SMARTS) is 1. The number of allylic oxidation sites excluding steroid dienone is 2. The van der Waals surface area contributed by atoms with Crippen LogP contribution in [0.3, 0.4) is 0 Å². The Morgan fingerprint density at radius 3 is 2.77 bits per heavy atom. The van der Waals surface area contributed by atoms with Gasteiger partial charge in [-0.2, -0.15) is 8.78 Å². The SMILES string of the molecule is CC(O)(C/C=C/C1CCC(O)[C@@H]1CCSc1nc(C(=O)O)cs1)CCC(F)=C(F)F. The lowest BCUT2D eigenvalue weighted by atomic mass is 9.90. The highest BCUT2D eigenvalue weighted by Gasteiger charge is 2.33. The maximum Gasteiger partial charge on any atom is 0.355 e. The van der Waals surface area contributed by atoms with Crippen molar-refractivity contribution in [3.8, 4) is 0 Å². The van der Waals surface area contributed by atoms with Crippen molar-refractivity contribution in [1.82, 2.24) is 4.98 Å². The molecule has 4 atom stereocenters. The lowest BCUT2D eigenvalue weighted by Gasteiger charge is -2.22. The zero-order valence-electron chi connectivity index (χ0n) is 16.6.